The Morgan fingerprint density at radius 3 is 2.14 bits per heavy atom. The summed E-state index contributed by atoms with van der Waals surface area (Å²) in [5, 5.41) is 17.5. The predicted octanol–water partition coefficient (Wildman–Crippen LogP) is -0.0102. The molecule has 0 saturated heterocycles. The summed E-state index contributed by atoms with van der Waals surface area (Å²) >= 11 is 0. The lowest BCUT2D eigenvalue weighted by Gasteiger charge is -2.28. The third kappa shape index (κ3) is 3.27. The monoisotopic (exact) mass is 201 g/mol. The molecule has 1 fully saturated rings. The van der Waals surface area contributed by atoms with Crippen LogP contribution in [-0.2, 0) is 4.79 Å². The van der Waals surface area contributed by atoms with Gasteiger partial charge in [-0.2, -0.15) is 0 Å². The minimum Gasteiger partial charge on any atom is -0.395 e. The first kappa shape index (κ1) is 11.5. The molecule has 1 rings (SSSR count). The zero-order valence-electron chi connectivity index (χ0n) is 8.48. The molecule has 0 aromatic carbocycles. The summed E-state index contributed by atoms with van der Waals surface area (Å²) in [6.45, 7) is 0.616. The molecule has 4 heteroatoms. The first-order valence-electron chi connectivity index (χ1n) is 5.27. The molecule has 14 heavy (non-hydrogen) atoms. The third-order valence-corrected chi connectivity index (χ3v) is 2.78. The first-order valence-corrected chi connectivity index (χ1v) is 5.27. The van der Waals surface area contributed by atoms with Gasteiger partial charge < -0.3 is 15.1 Å². The smallest absolute Gasteiger partial charge is 0.223 e. The van der Waals surface area contributed by atoms with Gasteiger partial charge in [-0.15, -0.1) is 0 Å². The van der Waals surface area contributed by atoms with Crippen molar-refractivity contribution in [1.29, 1.82) is 0 Å². The SMILES string of the molecule is O=C(CC1CCC1)N(CCO)CCO. The van der Waals surface area contributed by atoms with Crippen molar-refractivity contribution in [1.82, 2.24) is 4.90 Å². The summed E-state index contributed by atoms with van der Waals surface area (Å²) in [5.41, 5.74) is 0. The second kappa shape index (κ2) is 5.98. The van der Waals surface area contributed by atoms with Crippen molar-refractivity contribution in [3.8, 4) is 0 Å². The van der Waals surface area contributed by atoms with Crippen LogP contribution in [0, 0.1) is 5.92 Å². The number of hydrogen-bond acceptors (Lipinski definition) is 3. The molecule has 0 spiro atoms. The highest BCUT2D eigenvalue weighted by Crippen LogP contribution is 2.29. The van der Waals surface area contributed by atoms with Crippen LogP contribution in [0.4, 0.5) is 0 Å². The van der Waals surface area contributed by atoms with Crippen molar-refractivity contribution < 1.29 is 15.0 Å². The summed E-state index contributed by atoms with van der Waals surface area (Å²) in [7, 11) is 0. The first-order chi connectivity index (χ1) is 6.77. The average molecular weight is 201 g/mol. The van der Waals surface area contributed by atoms with Gasteiger partial charge in [-0.25, -0.2) is 0 Å². The topological polar surface area (TPSA) is 60.8 Å². The van der Waals surface area contributed by atoms with E-state index in [1.54, 1.807) is 4.90 Å². The van der Waals surface area contributed by atoms with Crippen LogP contribution in [0.1, 0.15) is 25.7 Å². The van der Waals surface area contributed by atoms with Crippen LogP contribution < -0.4 is 0 Å². The van der Waals surface area contributed by atoms with Crippen LogP contribution in [0.15, 0.2) is 0 Å². The molecular formula is C10H19NO3. The lowest BCUT2D eigenvalue weighted by molar-refractivity contribution is -0.133. The van der Waals surface area contributed by atoms with E-state index >= 15 is 0 Å². The van der Waals surface area contributed by atoms with Crippen molar-refractivity contribution in [2.24, 2.45) is 5.92 Å². The molecule has 0 unspecified atom stereocenters. The van der Waals surface area contributed by atoms with E-state index in [0.29, 0.717) is 25.4 Å². The van der Waals surface area contributed by atoms with Crippen molar-refractivity contribution in [3.63, 3.8) is 0 Å². The van der Waals surface area contributed by atoms with E-state index in [4.69, 9.17) is 10.2 Å². The summed E-state index contributed by atoms with van der Waals surface area (Å²) in [5.74, 6) is 0.611. The Balaban J connectivity index is 2.28. The second-order valence-corrected chi connectivity index (χ2v) is 3.83. The molecule has 4 nitrogen and oxygen atoms in total. The molecule has 1 aliphatic rings. The minimum absolute atomic E-state index is 0.0313. The van der Waals surface area contributed by atoms with Gasteiger partial charge >= 0.3 is 0 Å². The van der Waals surface area contributed by atoms with Gasteiger partial charge in [0.15, 0.2) is 0 Å². The highest BCUT2D eigenvalue weighted by Gasteiger charge is 2.23. The maximum atomic E-state index is 11.6. The maximum Gasteiger partial charge on any atom is 0.223 e. The molecule has 0 aliphatic heterocycles. The molecule has 1 aliphatic carbocycles. The molecule has 0 aromatic rings. The largest absolute Gasteiger partial charge is 0.395 e. The maximum absolute atomic E-state index is 11.6. The Labute approximate surface area is 84.5 Å². The highest BCUT2D eigenvalue weighted by molar-refractivity contribution is 5.76. The minimum atomic E-state index is -0.0313. The van der Waals surface area contributed by atoms with Crippen LogP contribution in [0.3, 0.4) is 0 Å². The summed E-state index contributed by atoms with van der Waals surface area (Å²) in [4.78, 5) is 13.2. The molecular weight excluding hydrogens is 182 g/mol. The number of hydrogen-bond donors (Lipinski definition) is 2. The van der Waals surface area contributed by atoms with Crippen molar-refractivity contribution >= 4 is 5.91 Å². The Morgan fingerprint density at radius 1 is 1.21 bits per heavy atom. The standard InChI is InChI=1S/C10H19NO3/c12-6-4-11(5-7-13)10(14)8-9-2-1-3-9/h9,12-13H,1-8H2. The van der Waals surface area contributed by atoms with Crippen LogP contribution in [0.25, 0.3) is 0 Å². The van der Waals surface area contributed by atoms with Crippen LogP contribution in [-0.4, -0.2) is 47.3 Å². The van der Waals surface area contributed by atoms with Gasteiger partial charge in [0.2, 0.25) is 5.91 Å². The van der Waals surface area contributed by atoms with E-state index in [9.17, 15) is 4.79 Å². The molecule has 0 aromatic heterocycles. The molecule has 1 amide bonds. The zero-order chi connectivity index (χ0) is 10.4. The number of carbonyl (C=O) groups is 1. The molecule has 0 bridgehead atoms. The van der Waals surface area contributed by atoms with Crippen LogP contribution in [0.5, 0.6) is 0 Å². The summed E-state index contributed by atoms with van der Waals surface area (Å²) in [6.07, 6.45) is 4.12. The Bertz CT molecular complexity index is 174. The van der Waals surface area contributed by atoms with E-state index in [2.05, 4.69) is 0 Å². The van der Waals surface area contributed by atoms with Gasteiger partial charge in [0.1, 0.15) is 0 Å². The number of nitrogens with zero attached hydrogens (tertiary/aromatic N) is 1. The van der Waals surface area contributed by atoms with E-state index in [0.717, 1.165) is 12.8 Å². The normalized spacial score (nSPS) is 16.4. The number of rotatable bonds is 6. The van der Waals surface area contributed by atoms with E-state index in [1.165, 1.54) is 6.42 Å². The van der Waals surface area contributed by atoms with Crippen LogP contribution in [0.2, 0.25) is 0 Å². The van der Waals surface area contributed by atoms with Gasteiger partial charge in [0, 0.05) is 19.5 Å². The average Bonchev–Trinajstić information content (AvgIpc) is 2.11. The summed E-state index contributed by atoms with van der Waals surface area (Å²) < 4.78 is 0. The molecule has 0 radical (unpaired) electrons. The van der Waals surface area contributed by atoms with E-state index in [1.807, 2.05) is 0 Å². The van der Waals surface area contributed by atoms with Gasteiger partial charge in [-0.1, -0.05) is 6.42 Å². The predicted molar refractivity (Wildman–Crippen MR) is 52.7 cm³/mol. The Kier molecular flexibility index (Phi) is 4.90. The molecule has 0 heterocycles. The molecule has 2 N–H and O–H groups in total. The fraction of sp³-hybridized carbons (Fsp3) is 0.900. The van der Waals surface area contributed by atoms with Gasteiger partial charge in [0.25, 0.3) is 0 Å². The Morgan fingerprint density at radius 2 is 1.79 bits per heavy atom. The van der Waals surface area contributed by atoms with E-state index in [-0.39, 0.29) is 19.1 Å². The number of amides is 1. The number of aliphatic hydroxyl groups is 2. The molecule has 1 saturated carbocycles. The van der Waals surface area contributed by atoms with Crippen molar-refractivity contribution in [2.45, 2.75) is 25.7 Å². The lowest BCUT2D eigenvalue weighted by atomic mass is 9.82. The summed E-state index contributed by atoms with van der Waals surface area (Å²) in [6, 6.07) is 0. The van der Waals surface area contributed by atoms with Crippen LogP contribution >= 0.6 is 0 Å². The number of aliphatic hydroxyl groups excluding tert-OH is 2. The quantitative estimate of drug-likeness (QED) is 0.635. The van der Waals surface area contributed by atoms with E-state index < -0.39 is 0 Å². The van der Waals surface area contributed by atoms with Crippen molar-refractivity contribution in [2.75, 3.05) is 26.3 Å². The fourth-order valence-electron chi connectivity index (χ4n) is 1.68. The van der Waals surface area contributed by atoms with Gasteiger partial charge in [-0.05, 0) is 18.8 Å². The fourth-order valence-corrected chi connectivity index (χ4v) is 1.68. The molecule has 0 atom stereocenters. The van der Waals surface area contributed by atoms with Crippen molar-refractivity contribution in [3.05, 3.63) is 0 Å². The Hall–Kier alpha value is -0.610. The second-order valence-electron chi connectivity index (χ2n) is 3.83. The third-order valence-electron chi connectivity index (χ3n) is 2.78. The molecule has 82 valence electrons. The highest BCUT2D eigenvalue weighted by atomic mass is 16.3. The van der Waals surface area contributed by atoms with Gasteiger partial charge in [0.05, 0.1) is 13.2 Å². The number of carbonyl (C=O) groups excluding carboxylic acids is 1. The zero-order valence-corrected chi connectivity index (χ0v) is 8.48. The lowest BCUT2D eigenvalue weighted by Crippen LogP contribution is -2.37. The van der Waals surface area contributed by atoms with Gasteiger partial charge in [-0.3, -0.25) is 4.79 Å².